The Kier molecular flexibility index (Phi) is 6.81. The van der Waals surface area contributed by atoms with Gasteiger partial charge in [-0.25, -0.2) is 9.65 Å². The van der Waals surface area contributed by atoms with Gasteiger partial charge in [0, 0.05) is 15.7 Å². The average Bonchev–Trinajstić information content (AvgIpc) is 2.61. The third-order valence-electron chi connectivity index (χ3n) is 3.30. The van der Waals surface area contributed by atoms with Crippen LogP contribution in [0.25, 0.3) is 0 Å². The first-order valence-corrected chi connectivity index (χ1v) is 10.8. The maximum absolute atomic E-state index is 13.4. The highest BCUT2D eigenvalue weighted by molar-refractivity contribution is 7.81. The molecule has 0 aliphatic rings. The van der Waals surface area contributed by atoms with Gasteiger partial charge in [0.15, 0.2) is 5.11 Å². The minimum atomic E-state index is -3.90. The molecule has 9 heteroatoms. The summed E-state index contributed by atoms with van der Waals surface area (Å²) < 4.78 is 24.6. The molecule has 0 radical (unpaired) electrons. The summed E-state index contributed by atoms with van der Waals surface area (Å²) in [6.45, 7) is 0. The number of halogens is 2. The van der Waals surface area contributed by atoms with Gasteiger partial charge >= 0.3 is 7.75 Å². The van der Waals surface area contributed by atoms with E-state index in [2.05, 4.69) is 10.4 Å². The van der Waals surface area contributed by atoms with Crippen LogP contribution in [-0.4, -0.2) is 5.11 Å². The van der Waals surface area contributed by atoms with E-state index in [-0.39, 0.29) is 5.11 Å². The predicted molar refractivity (Wildman–Crippen MR) is 118 cm³/mol. The Labute approximate surface area is 178 Å². The van der Waals surface area contributed by atoms with Crippen molar-refractivity contribution < 1.29 is 13.6 Å². The normalized spacial score (nSPS) is 10.8. The lowest BCUT2D eigenvalue weighted by atomic mass is 10.3. The number of benzene rings is 3. The third-order valence-corrected chi connectivity index (χ3v) is 5.49. The van der Waals surface area contributed by atoms with Gasteiger partial charge in [0.05, 0.1) is 0 Å². The van der Waals surface area contributed by atoms with E-state index >= 15 is 0 Å². The van der Waals surface area contributed by atoms with Crippen LogP contribution in [0.2, 0.25) is 10.0 Å². The standard InChI is InChI=1S/C19H15Cl2N2O3PS/c20-14-11-15(21)13-16(12-14)22-19(28)23-27(24,25-17-7-3-1-4-8-17)26-18-9-5-2-6-10-18/h1-13H,(H2,22,23,24,28). The first kappa shape index (κ1) is 20.5. The van der Waals surface area contributed by atoms with E-state index < -0.39 is 7.75 Å². The van der Waals surface area contributed by atoms with Crippen LogP contribution in [0.5, 0.6) is 11.5 Å². The van der Waals surface area contributed by atoms with Crippen molar-refractivity contribution in [3.8, 4) is 11.5 Å². The molecule has 0 aliphatic carbocycles. The predicted octanol–water partition coefficient (Wildman–Crippen LogP) is 6.55. The summed E-state index contributed by atoms with van der Waals surface area (Å²) in [7, 11) is -3.90. The highest BCUT2D eigenvalue weighted by Gasteiger charge is 2.30. The van der Waals surface area contributed by atoms with Gasteiger partial charge in [0.25, 0.3) is 0 Å². The van der Waals surface area contributed by atoms with E-state index in [4.69, 9.17) is 44.5 Å². The van der Waals surface area contributed by atoms with Crippen LogP contribution < -0.4 is 19.5 Å². The van der Waals surface area contributed by atoms with Gasteiger partial charge in [0.2, 0.25) is 0 Å². The summed E-state index contributed by atoms with van der Waals surface area (Å²) in [6, 6.07) is 22.2. The largest absolute Gasteiger partial charge is 0.543 e. The lowest BCUT2D eigenvalue weighted by molar-refractivity contribution is 0.381. The molecule has 28 heavy (non-hydrogen) atoms. The number of anilines is 1. The lowest BCUT2D eigenvalue weighted by Gasteiger charge is -2.21. The molecule has 3 aromatic carbocycles. The van der Waals surface area contributed by atoms with Gasteiger partial charge in [-0.3, -0.25) is 0 Å². The van der Waals surface area contributed by atoms with Crippen molar-refractivity contribution in [2.45, 2.75) is 0 Å². The number of para-hydroxylation sites is 2. The van der Waals surface area contributed by atoms with Gasteiger partial charge in [-0.2, -0.15) is 0 Å². The van der Waals surface area contributed by atoms with Crippen LogP contribution in [0.3, 0.4) is 0 Å². The van der Waals surface area contributed by atoms with Gasteiger partial charge < -0.3 is 14.4 Å². The van der Waals surface area contributed by atoms with E-state index in [9.17, 15) is 4.57 Å². The van der Waals surface area contributed by atoms with E-state index in [0.29, 0.717) is 27.2 Å². The molecule has 0 aliphatic heterocycles. The Morgan fingerprint density at radius 2 is 1.29 bits per heavy atom. The number of hydrogen-bond acceptors (Lipinski definition) is 4. The minimum Gasteiger partial charge on any atom is -0.400 e. The van der Waals surface area contributed by atoms with E-state index in [0.717, 1.165) is 0 Å². The van der Waals surface area contributed by atoms with Crippen LogP contribution in [0.15, 0.2) is 78.9 Å². The lowest BCUT2D eigenvalue weighted by Crippen LogP contribution is -2.29. The summed E-state index contributed by atoms with van der Waals surface area (Å²) in [5.41, 5.74) is 0.529. The van der Waals surface area contributed by atoms with Gasteiger partial charge in [0.1, 0.15) is 11.5 Å². The molecule has 0 heterocycles. The smallest absolute Gasteiger partial charge is 0.400 e. The van der Waals surface area contributed by atoms with Crippen molar-refractivity contribution in [3.63, 3.8) is 0 Å². The fraction of sp³-hybridized carbons (Fsp3) is 0. The minimum absolute atomic E-state index is 0.0218. The molecule has 5 nitrogen and oxygen atoms in total. The maximum Gasteiger partial charge on any atom is 0.543 e. The first-order chi connectivity index (χ1) is 13.4. The third kappa shape index (κ3) is 6.14. The summed E-state index contributed by atoms with van der Waals surface area (Å²) >= 11 is 17.2. The highest BCUT2D eigenvalue weighted by Crippen LogP contribution is 2.44. The molecule has 3 aromatic rings. The first-order valence-electron chi connectivity index (χ1n) is 8.07. The van der Waals surface area contributed by atoms with Crippen molar-refractivity contribution in [1.29, 1.82) is 0 Å². The number of nitrogens with one attached hydrogen (secondary N) is 2. The zero-order chi connectivity index (χ0) is 20.0. The average molecular weight is 453 g/mol. The van der Waals surface area contributed by atoms with Crippen LogP contribution in [0, 0.1) is 0 Å². The van der Waals surface area contributed by atoms with Gasteiger partial charge in [-0.05, 0) is 54.7 Å². The van der Waals surface area contributed by atoms with Crippen molar-refractivity contribution in [2.24, 2.45) is 0 Å². The van der Waals surface area contributed by atoms with Gasteiger partial charge in [-0.1, -0.05) is 59.6 Å². The monoisotopic (exact) mass is 452 g/mol. The second-order valence-corrected chi connectivity index (χ2v) is 8.40. The molecule has 2 N–H and O–H groups in total. The molecule has 0 atom stereocenters. The quantitative estimate of drug-likeness (QED) is 0.326. The summed E-state index contributed by atoms with van der Waals surface area (Å²) in [6.07, 6.45) is 0. The Balaban J connectivity index is 1.79. The van der Waals surface area contributed by atoms with Crippen molar-refractivity contribution in [3.05, 3.63) is 88.9 Å². The van der Waals surface area contributed by atoms with Crippen LogP contribution in [0.4, 0.5) is 5.69 Å². The topological polar surface area (TPSA) is 59.6 Å². The summed E-state index contributed by atoms with van der Waals surface area (Å²) in [5.74, 6) is 0.728. The highest BCUT2D eigenvalue weighted by atomic mass is 35.5. The van der Waals surface area contributed by atoms with Crippen LogP contribution >= 0.6 is 43.2 Å². The SMILES string of the molecule is O=P(NC(=S)Nc1cc(Cl)cc(Cl)c1)(Oc1ccccc1)Oc1ccccc1. The Hall–Kier alpha value is -2.24. The van der Waals surface area contributed by atoms with Gasteiger partial charge in [-0.15, -0.1) is 0 Å². The molecule has 0 amide bonds. The molecular weight excluding hydrogens is 438 g/mol. The molecule has 0 unspecified atom stereocenters. The fourth-order valence-corrected chi connectivity index (χ4v) is 4.42. The van der Waals surface area contributed by atoms with Crippen LogP contribution in [-0.2, 0) is 4.57 Å². The number of hydrogen-bond donors (Lipinski definition) is 2. The van der Waals surface area contributed by atoms with E-state index in [1.165, 1.54) is 0 Å². The Bertz CT molecular complexity index is 941. The molecule has 0 bridgehead atoms. The van der Waals surface area contributed by atoms with Crippen LogP contribution in [0.1, 0.15) is 0 Å². The molecule has 0 spiro atoms. The van der Waals surface area contributed by atoms with Crippen molar-refractivity contribution >= 4 is 54.0 Å². The second kappa shape index (κ2) is 9.30. The summed E-state index contributed by atoms with van der Waals surface area (Å²) in [5, 5.41) is 6.38. The Morgan fingerprint density at radius 1 is 0.821 bits per heavy atom. The van der Waals surface area contributed by atoms with Crippen molar-refractivity contribution in [1.82, 2.24) is 5.09 Å². The molecular formula is C19H15Cl2N2O3PS. The second-order valence-electron chi connectivity index (χ2n) is 5.53. The molecule has 0 fully saturated rings. The maximum atomic E-state index is 13.4. The molecule has 0 saturated heterocycles. The Morgan fingerprint density at radius 3 is 1.75 bits per heavy atom. The molecule has 0 aromatic heterocycles. The molecule has 144 valence electrons. The molecule has 0 saturated carbocycles. The zero-order valence-electron chi connectivity index (χ0n) is 14.3. The number of rotatable bonds is 6. The zero-order valence-corrected chi connectivity index (χ0v) is 17.6. The number of thiocarbonyl (C=S) groups is 1. The van der Waals surface area contributed by atoms with E-state index in [1.807, 2.05) is 12.1 Å². The summed E-state index contributed by atoms with van der Waals surface area (Å²) in [4.78, 5) is 0. The van der Waals surface area contributed by atoms with Crippen molar-refractivity contribution in [2.75, 3.05) is 5.32 Å². The van der Waals surface area contributed by atoms with E-state index in [1.54, 1.807) is 66.7 Å². The molecule has 3 rings (SSSR count). The fourth-order valence-electron chi connectivity index (χ4n) is 2.21.